The molecule has 0 aliphatic heterocycles. The fraction of sp³-hybridized carbons (Fsp3) is 0.300. The normalized spacial score (nSPS) is 11.9. The van der Waals surface area contributed by atoms with Crippen LogP contribution in [0.2, 0.25) is 5.02 Å². The first-order valence-corrected chi connectivity index (χ1v) is 12.0. The van der Waals surface area contributed by atoms with Gasteiger partial charge in [-0.05, 0) is 50.8 Å². The summed E-state index contributed by atoms with van der Waals surface area (Å²) in [5.74, 6) is -0.301. The number of carbonyl (C=O) groups excluding carboxylic acids is 1. The van der Waals surface area contributed by atoms with E-state index in [1.807, 2.05) is 38.1 Å². The smallest absolute Gasteiger partial charge is 0.260 e. The number of hydrogen-bond acceptors (Lipinski definition) is 6. The van der Waals surface area contributed by atoms with E-state index < -0.39 is 9.84 Å². The SMILES string of the molecule is Cc1ccc(Cl)c2sc(N(CCN(C)C)C(=O)c3cccc(S(C)(=O)=O)c3)nc12. The largest absolute Gasteiger partial charge is 0.308 e. The van der Waals surface area contributed by atoms with E-state index in [9.17, 15) is 13.2 Å². The summed E-state index contributed by atoms with van der Waals surface area (Å²) in [6.45, 7) is 2.98. The van der Waals surface area contributed by atoms with Crippen LogP contribution in [-0.4, -0.2) is 57.6 Å². The van der Waals surface area contributed by atoms with Gasteiger partial charge in [0.2, 0.25) is 0 Å². The van der Waals surface area contributed by atoms with Crippen molar-refractivity contribution < 1.29 is 13.2 Å². The summed E-state index contributed by atoms with van der Waals surface area (Å²) in [7, 11) is 0.430. The van der Waals surface area contributed by atoms with E-state index in [1.54, 1.807) is 17.0 Å². The summed E-state index contributed by atoms with van der Waals surface area (Å²) in [6.07, 6.45) is 1.12. The van der Waals surface area contributed by atoms with Crippen molar-refractivity contribution >= 4 is 54.0 Å². The first kappa shape index (κ1) is 21.7. The summed E-state index contributed by atoms with van der Waals surface area (Å²) in [6, 6.07) is 9.81. The maximum absolute atomic E-state index is 13.3. The molecule has 154 valence electrons. The molecule has 0 aliphatic rings. The second-order valence-electron chi connectivity index (χ2n) is 7.10. The molecule has 0 bridgehead atoms. The fourth-order valence-electron chi connectivity index (χ4n) is 2.81. The van der Waals surface area contributed by atoms with Crippen LogP contribution >= 0.6 is 22.9 Å². The van der Waals surface area contributed by atoms with Gasteiger partial charge in [0.05, 0.1) is 20.1 Å². The summed E-state index contributed by atoms with van der Waals surface area (Å²) in [5, 5.41) is 1.13. The number of amides is 1. The van der Waals surface area contributed by atoms with Gasteiger partial charge in [0.25, 0.3) is 5.91 Å². The number of nitrogens with zero attached hydrogens (tertiary/aromatic N) is 3. The van der Waals surface area contributed by atoms with Crippen LogP contribution < -0.4 is 4.90 Å². The molecule has 1 aromatic heterocycles. The average molecular weight is 452 g/mol. The van der Waals surface area contributed by atoms with Crippen LogP contribution in [0.3, 0.4) is 0 Å². The number of halogens is 1. The van der Waals surface area contributed by atoms with Gasteiger partial charge < -0.3 is 4.90 Å². The molecule has 0 unspecified atom stereocenters. The van der Waals surface area contributed by atoms with E-state index in [0.29, 0.717) is 28.8 Å². The first-order chi connectivity index (χ1) is 13.6. The Kier molecular flexibility index (Phi) is 6.28. The van der Waals surface area contributed by atoms with Gasteiger partial charge >= 0.3 is 0 Å². The van der Waals surface area contributed by atoms with E-state index in [4.69, 9.17) is 11.6 Å². The van der Waals surface area contributed by atoms with Gasteiger partial charge in [-0.15, -0.1) is 0 Å². The van der Waals surface area contributed by atoms with Crippen LogP contribution in [0.4, 0.5) is 5.13 Å². The minimum atomic E-state index is -3.42. The Morgan fingerprint density at radius 3 is 2.52 bits per heavy atom. The fourth-order valence-corrected chi connectivity index (χ4v) is 4.81. The van der Waals surface area contributed by atoms with Crippen molar-refractivity contribution in [2.45, 2.75) is 11.8 Å². The Morgan fingerprint density at radius 1 is 1.17 bits per heavy atom. The molecule has 0 aliphatic carbocycles. The minimum Gasteiger partial charge on any atom is -0.308 e. The van der Waals surface area contributed by atoms with E-state index in [2.05, 4.69) is 4.98 Å². The highest BCUT2D eigenvalue weighted by Gasteiger charge is 2.23. The van der Waals surface area contributed by atoms with Crippen LogP contribution in [0.1, 0.15) is 15.9 Å². The monoisotopic (exact) mass is 451 g/mol. The number of aromatic nitrogens is 1. The van der Waals surface area contributed by atoms with Crippen molar-refractivity contribution in [2.24, 2.45) is 0 Å². The van der Waals surface area contributed by atoms with Gasteiger partial charge in [-0.3, -0.25) is 9.69 Å². The second kappa shape index (κ2) is 8.39. The van der Waals surface area contributed by atoms with E-state index in [-0.39, 0.29) is 10.8 Å². The highest BCUT2D eigenvalue weighted by atomic mass is 35.5. The molecule has 9 heteroatoms. The Morgan fingerprint density at radius 2 is 1.90 bits per heavy atom. The van der Waals surface area contributed by atoms with Gasteiger partial charge in [0.1, 0.15) is 0 Å². The van der Waals surface area contributed by atoms with Crippen LogP contribution in [0.15, 0.2) is 41.3 Å². The van der Waals surface area contributed by atoms with Gasteiger partial charge in [0, 0.05) is 24.9 Å². The van der Waals surface area contributed by atoms with Crippen molar-refractivity contribution in [2.75, 3.05) is 38.3 Å². The number of benzene rings is 2. The molecule has 1 heterocycles. The number of fused-ring (bicyclic) bond motifs is 1. The Balaban J connectivity index is 2.07. The molecule has 29 heavy (non-hydrogen) atoms. The van der Waals surface area contributed by atoms with Crippen molar-refractivity contribution in [3.63, 3.8) is 0 Å². The van der Waals surface area contributed by atoms with Crippen molar-refractivity contribution in [3.05, 3.63) is 52.5 Å². The van der Waals surface area contributed by atoms with E-state index in [0.717, 1.165) is 22.0 Å². The lowest BCUT2D eigenvalue weighted by atomic mass is 10.2. The number of carbonyl (C=O) groups is 1. The molecule has 0 radical (unpaired) electrons. The topological polar surface area (TPSA) is 70.6 Å². The maximum Gasteiger partial charge on any atom is 0.260 e. The molecule has 3 rings (SSSR count). The molecule has 6 nitrogen and oxygen atoms in total. The first-order valence-electron chi connectivity index (χ1n) is 8.90. The maximum atomic E-state index is 13.3. The van der Waals surface area contributed by atoms with Crippen molar-refractivity contribution in [1.82, 2.24) is 9.88 Å². The molecular formula is C20H22ClN3O3S2. The Bertz CT molecular complexity index is 1130. The summed E-state index contributed by atoms with van der Waals surface area (Å²) in [5.41, 5.74) is 2.05. The molecule has 0 saturated heterocycles. The van der Waals surface area contributed by atoms with Crippen LogP contribution in [0.5, 0.6) is 0 Å². The predicted octanol–water partition coefficient (Wildman–Crippen LogP) is 3.87. The number of likely N-dealkylation sites (N-methyl/N-ethyl adjacent to an activating group) is 1. The molecule has 3 aromatic rings. The van der Waals surface area contributed by atoms with Gasteiger partial charge in [0.15, 0.2) is 15.0 Å². The second-order valence-corrected chi connectivity index (χ2v) is 10.5. The van der Waals surface area contributed by atoms with Crippen LogP contribution in [0.25, 0.3) is 10.2 Å². The molecular weight excluding hydrogens is 430 g/mol. The number of aryl methyl sites for hydroxylation is 1. The van der Waals surface area contributed by atoms with Gasteiger partial charge in [-0.1, -0.05) is 35.1 Å². The molecule has 2 aromatic carbocycles. The highest BCUT2D eigenvalue weighted by molar-refractivity contribution is 7.90. The van der Waals surface area contributed by atoms with Crippen LogP contribution in [-0.2, 0) is 9.84 Å². The van der Waals surface area contributed by atoms with E-state index >= 15 is 0 Å². The minimum absolute atomic E-state index is 0.110. The number of thiazole rings is 1. The lowest BCUT2D eigenvalue weighted by Crippen LogP contribution is -2.36. The lowest BCUT2D eigenvalue weighted by Gasteiger charge is -2.22. The standard InChI is InChI=1S/C20H22ClN3O3S2/c1-13-8-9-16(21)18-17(13)22-20(28-18)24(11-10-23(2)3)19(25)14-6-5-7-15(12-14)29(4,26)27/h5-9,12H,10-11H2,1-4H3. The molecule has 0 saturated carbocycles. The number of sulfone groups is 1. The Labute approximate surface area is 179 Å². The van der Waals surface area contributed by atoms with Crippen molar-refractivity contribution in [1.29, 1.82) is 0 Å². The van der Waals surface area contributed by atoms with Gasteiger partial charge in [-0.25, -0.2) is 13.4 Å². The summed E-state index contributed by atoms with van der Waals surface area (Å²) >= 11 is 7.69. The molecule has 0 N–H and O–H groups in total. The third-order valence-corrected chi connectivity index (χ3v) is 7.09. The zero-order valence-corrected chi connectivity index (χ0v) is 19.0. The number of hydrogen-bond donors (Lipinski definition) is 0. The van der Waals surface area contributed by atoms with Crippen molar-refractivity contribution in [3.8, 4) is 0 Å². The lowest BCUT2D eigenvalue weighted by molar-refractivity contribution is 0.0985. The molecule has 0 spiro atoms. The summed E-state index contributed by atoms with van der Waals surface area (Å²) in [4.78, 5) is 21.7. The zero-order chi connectivity index (χ0) is 21.3. The third-order valence-electron chi connectivity index (χ3n) is 4.44. The Hall–Kier alpha value is -2.00. The number of rotatable bonds is 6. The van der Waals surface area contributed by atoms with Crippen LogP contribution in [0, 0.1) is 6.92 Å². The zero-order valence-electron chi connectivity index (χ0n) is 16.6. The average Bonchev–Trinajstić information content (AvgIpc) is 3.10. The number of anilines is 1. The molecule has 0 fully saturated rings. The predicted molar refractivity (Wildman–Crippen MR) is 119 cm³/mol. The highest BCUT2D eigenvalue weighted by Crippen LogP contribution is 2.36. The summed E-state index contributed by atoms with van der Waals surface area (Å²) < 4.78 is 24.6. The third kappa shape index (κ3) is 4.78. The molecule has 1 amide bonds. The van der Waals surface area contributed by atoms with E-state index in [1.165, 1.54) is 23.5 Å². The molecule has 0 atom stereocenters. The quantitative estimate of drug-likeness (QED) is 0.569. The van der Waals surface area contributed by atoms with Gasteiger partial charge in [-0.2, -0.15) is 0 Å².